The highest BCUT2D eigenvalue weighted by Gasteiger charge is 2.22. The highest BCUT2D eigenvalue weighted by Crippen LogP contribution is 2.22. The number of hydrogen-bond donors (Lipinski definition) is 1. The van der Waals surface area contributed by atoms with Gasteiger partial charge < -0.3 is 14.6 Å². The van der Waals surface area contributed by atoms with E-state index in [4.69, 9.17) is 4.74 Å². The molecule has 0 unspecified atom stereocenters. The molecule has 1 fully saturated rings. The minimum atomic E-state index is -0.529. The van der Waals surface area contributed by atoms with E-state index >= 15 is 0 Å². The van der Waals surface area contributed by atoms with Gasteiger partial charge in [-0.1, -0.05) is 6.58 Å². The van der Waals surface area contributed by atoms with Gasteiger partial charge in [-0.05, 0) is 45.0 Å². The number of ether oxygens (including phenoxy) is 1. The van der Waals surface area contributed by atoms with E-state index in [1.54, 1.807) is 23.7 Å². The summed E-state index contributed by atoms with van der Waals surface area (Å²) >= 11 is 0. The Morgan fingerprint density at radius 2 is 2.04 bits per heavy atom. The Hall–Kier alpha value is -2.41. The van der Waals surface area contributed by atoms with Crippen LogP contribution in [0.2, 0.25) is 0 Å². The lowest BCUT2D eigenvalue weighted by Gasteiger charge is -2.26. The van der Waals surface area contributed by atoms with Gasteiger partial charge in [0.15, 0.2) is 5.65 Å². The molecule has 0 aromatic carbocycles. The molecule has 24 heavy (non-hydrogen) atoms. The van der Waals surface area contributed by atoms with E-state index in [1.807, 2.05) is 6.92 Å². The minimum Gasteiger partial charge on any atom is -0.492 e. The number of pyridine rings is 1. The normalized spacial score (nSPS) is 15.6. The summed E-state index contributed by atoms with van der Waals surface area (Å²) < 4.78 is 8.34. The van der Waals surface area contributed by atoms with Gasteiger partial charge in [-0.15, -0.1) is 0 Å². The molecule has 2 aromatic rings. The largest absolute Gasteiger partial charge is 0.492 e. The smallest absolute Gasteiger partial charge is 0.318 e. The molecule has 0 radical (unpaired) electrons. The fourth-order valence-electron chi connectivity index (χ4n) is 3.14. The van der Waals surface area contributed by atoms with E-state index in [2.05, 4.69) is 16.9 Å². The van der Waals surface area contributed by atoms with Crippen LogP contribution in [0.5, 0.6) is 0 Å². The third-order valence-corrected chi connectivity index (χ3v) is 4.43. The summed E-state index contributed by atoms with van der Waals surface area (Å²) in [5.74, 6) is 0.456. The predicted molar refractivity (Wildman–Crippen MR) is 93.0 cm³/mol. The molecule has 2 aromatic heterocycles. The van der Waals surface area contributed by atoms with Gasteiger partial charge in [-0.3, -0.25) is 14.2 Å². The van der Waals surface area contributed by atoms with Crippen molar-refractivity contribution in [1.82, 2.24) is 19.4 Å². The molecule has 3 heterocycles. The van der Waals surface area contributed by atoms with Gasteiger partial charge in [0.1, 0.15) is 11.5 Å². The average molecular weight is 330 g/mol. The average Bonchev–Trinajstić information content (AvgIpc) is 2.60. The monoisotopic (exact) mass is 330 g/mol. The van der Waals surface area contributed by atoms with Gasteiger partial charge in [-0.2, -0.15) is 0 Å². The maximum Gasteiger partial charge on any atom is 0.318 e. The van der Waals surface area contributed by atoms with Crippen LogP contribution in [0.3, 0.4) is 0 Å². The molecule has 0 amide bonds. The highest BCUT2D eigenvalue weighted by molar-refractivity contribution is 5.73. The standard InChI is InChI=1S/C17H22N4O3/c1-4-24-11(2)13-5-6-14-15(19-13)21(12-7-9-18-10-8-12)17(23)16(22)20(14)3/h5-6,12,18H,2,4,7-10H2,1,3H3. The quantitative estimate of drug-likeness (QED) is 0.669. The molecule has 0 atom stereocenters. The van der Waals surface area contributed by atoms with Crippen molar-refractivity contribution in [2.24, 2.45) is 7.05 Å². The molecule has 1 saturated heterocycles. The molecule has 3 rings (SSSR count). The number of aryl methyl sites for hydroxylation is 1. The van der Waals surface area contributed by atoms with Gasteiger partial charge in [0, 0.05) is 13.1 Å². The van der Waals surface area contributed by atoms with Crippen LogP contribution in [0.4, 0.5) is 0 Å². The number of fused-ring (bicyclic) bond motifs is 1. The van der Waals surface area contributed by atoms with Crippen LogP contribution in [0.15, 0.2) is 28.3 Å². The van der Waals surface area contributed by atoms with Crippen molar-refractivity contribution in [3.8, 4) is 0 Å². The number of piperidine rings is 1. The van der Waals surface area contributed by atoms with Crippen LogP contribution < -0.4 is 16.4 Å². The Bertz CT molecular complexity index is 891. The second-order valence-corrected chi connectivity index (χ2v) is 5.92. The number of hydrogen-bond acceptors (Lipinski definition) is 5. The zero-order valence-corrected chi connectivity index (χ0v) is 14.0. The van der Waals surface area contributed by atoms with E-state index in [0.717, 1.165) is 25.9 Å². The van der Waals surface area contributed by atoms with Crippen LogP contribution in [0.25, 0.3) is 16.9 Å². The van der Waals surface area contributed by atoms with Gasteiger partial charge in [0.2, 0.25) is 0 Å². The molecular weight excluding hydrogens is 308 g/mol. The van der Waals surface area contributed by atoms with Crippen molar-refractivity contribution in [3.63, 3.8) is 0 Å². The topological polar surface area (TPSA) is 78.2 Å². The lowest BCUT2D eigenvalue weighted by molar-refractivity contribution is 0.297. The van der Waals surface area contributed by atoms with E-state index in [1.165, 1.54) is 4.57 Å². The van der Waals surface area contributed by atoms with E-state index in [9.17, 15) is 9.59 Å². The third-order valence-electron chi connectivity index (χ3n) is 4.43. The molecule has 1 N–H and O–H groups in total. The maximum atomic E-state index is 12.6. The first-order valence-electron chi connectivity index (χ1n) is 8.19. The number of aromatic nitrogens is 3. The van der Waals surface area contributed by atoms with Crippen LogP contribution in [-0.4, -0.2) is 33.8 Å². The van der Waals surface area contributed by atoms with E-state index in [0.29, 0.717) is 29.2 Å². The molecule has 0 spiro atoms. The Kier molecular flexibility index (Phi) is 4.53. The lowest BCUT2D eigenvalue weighted by Crippen LogP contribution is -2.44. The molecular formula is C17H22N4O3. The lowest BCUT2D eigenvalue weighted by atomic mass is 10.1. The number of nitrogens with one attached hydrogen (secondary N) is 1. The molecule has 1 aliphatic heterocycles. The number of rotatable bonds is 4. The van der Waals surface area contributed by atoms with Crippen molar-refractivity contribution < 1.29 is 4.74 Å². The van der Waals surface area contributed by atoms with Crippen molar-refractivity contribution in [3.05, 3.63) is 45.1 Å². The second kappa shape index (κ2) is 6.60. The SMILES string of the molecule is C=C(OCC)c1ccc2c(n1)n(C1CCNCC1)c(=O)c(=O)n2C. The van der Waals surface area contributed by atoms with Crippen LogP contribution in [0.1, 0.15) is 31.5 Å². The van der Waals surface area contributed by atoms with Crippen molar-refractivity contribution in [2.45, 2.75) is 25.8 Å². The fourth-order valence-corrected chi connectivity index (χ4v) is 3.14. The van der Waals surface area contributed by atoms with Crippen molar-refractivity contribution >= 4 is 16.9 Å². The first-order valence-corrected chi connectivity index (χ1v) is 8.19. The molecule has 7 heteroatoms. The van der Waals surface area contributed by atoms with Gasteiger partial charge in [0.05, 0.1) is 12.1 Å². The first-order chi connectivity index (χ1) is 11.5. The second-order valence-electron chi connectivity index (χ2n) is 5.92. The first kappa shape index (κ1) is 16.4. The van der Waals surface area contributed by atoms with E-state index in [-0.39, 0.29) is 6.04 Å². The zero-order valence-electron chi connectivity index (χ0n) is 14.0. The summed E-state index contributed by atoms with van der Waals surface area (Å²) in [6.07, 6.45) is 1.58. The van der Waals surface area contributed by atoms with Gasteiger partial charge in [0.25, 0.3) is 0 Å². The number of nitrogens with zero attached hydrogens (tertiary/aromatic N) is 3. The summed E-state index contributed by atoms with van der Waals surface area (Å²) in [7, 11) is 1.59. The molecule has 0 saturated carbocycles. The molecule has 7 nitrogen and oxygen atoms in total. The Morgan fingerprint density at radius 1 is 1.33 bits per heavy atom. The van der Waals surface area contributed by atoms with Crippen LogP contribution in [0, 0.1) is 0 Å². The van der Waals surface area contributed by atoms with Crippen molar-refractivity contribution in [1.29, 1.82) is 0 Å². The summed E-state index contributed by atoms with van der Waals surface area (Å²) in [4.78, 5) is 29.5. The highest BCUT2D eigenvalue weighted by atomic mass is 16.5. The maximum absolute atomic E-state index is 12.6. The van der Waals surface area contributed by atoms with Crippen LogP contribution in [-0.2, 0) is 11.8 Å². The molecule has 0 aliphatic carbocycles. The molecule has 1 aliphatic rings. The Labute approximate surface area is 139 Å². The minimum absolute atomic E-state index is 0.0294. The summed E-state index contributed by atoms with van der Waals surface area (Å²) in [5, 5.41) is 3.27. The molecule has 128 valence electrons. The Balaban J connectivity index is 2.26. The Morgan fingerprint density at radius 3 is 2.71 bits per heavy atom. The summed E-state index contributed by atoms with van der Waals surface area (Å²) in [5.41, 5.74) is 0.659. The summed E-state index contributed by atoms with van der Waals surface area (Å²) in [6.45, 7) is 7.88. The van der Waals surface area contributed by atoms with Crippen LogP contribution >= 0.6 is 0 Å². The van der Waals surface area contributed by atoms with Gasteiger partial charge >= 0.3 is 11.1 Å². The fraction of sp³-hybridized carbons (Fsp3) is 0.471. The van der Waals surface area contributed by atoms with Crippen molar-refractivity contribution in [2.75, 3.05) is 19.7 Å². The summed E-state index contributed by atoms with van der Waals surface area (Å²) in [6, 6.07) is 3.52. The third kappa shape index (κ3) is 2.75. The zero-order chi connectivity index (χ0) is 17.3. The predicted octanol–water partition coefficient (Wildman–Crippen LogP) is 1.03. The molecule has 0 bridgehead atoms. The van der Waals surface area contributed by atoms with E-state index < -0.39 is 11.1 Å². The van der Waals surface area contributed by atoms with Gasteiger partial charge in [-0.25, -0.2) is 4.98 Å².